The van der Waals surface area contributed by atoms with Crippen molar-refractivity contribution >= 4 is 11.9 Å². The molecule has 0 amide bonds. The van der Waals surface area contributed by atoms with Crippen LogP contribution in [0.2, 0.25) is 0 Å². The molecule has 3 aliphatic rings. The number of benzene rings is 2. The summed E-state index contributed by atoms with van der Waals surface area (Å²) in [6.07, 6.45) is 3.28. The van der Waals surface area contributed by atoms with Crippen LogP contribution in [0.5, 0.6) is 23.0 Å². The van der Waals surface area contributed by atoms with Gasteiger partial charge >= 0.3 is 11.9 Å². The zero-order chi connectivity index (χ0) is 20.8. The maximum atomic E-state index is 12.9. The third-order valence-corrected chi connectivity index (χ3v) is 5.94. The molecule has 1 aliphatic carbocycles. The van der Waals surface area contributed by atoms with Crippen molar-refractivity contribution in [3.63, 3.8) is 0 Å². The summed E-state index contributed by atoms with van der Waals surface area (Å²) in [5, 5.41) is 0. The highest BCUT2D eigenvalue weighted by molar-refractivity contribution is 5.91. The average molecular weight is 404 g/mol. The lowest BCUT2D eigenvalue weighted by Crippen LogP contribution is -2.56. The predicted octanol–water partition coefficient (Wildman–Crippen LogP) is 3.77. The van der Waals surface area contributed by atoms with Crippen molar-refractivity contribution in [3.8, 4) is 23.0 Å². The molecule has 2 aliphatic heterocycles. The molecule has 0 N–H and O–H groups in total. The molecule has 2 aromatic rings. The van der Waals surface area contributed by atoms with Crippen LogP contribution in [0, 0.1) is 11.8 Å². The molecule has 2 heterocycles. The molecule has 0 radical (unpaired) electrons. The van der Waals surface area contributed by atoms with E-state index in [1.54, 1.807) is 24.3 Å². The fraction of sp³-hybridized carbons (Fsp3) is 0.250. The van der Waals surface area contributed by atoms with Gasteiger partial charge in [0.15, 0.2) is 0 Å². The minimum atomic E-state index is -0.422. The summed E-state index contributed by atoms with van der Waals surface area (Å²) in [5.41, 5.74) is 1.66. The van der Waals surface area contributed by atoms with E-state index in [1.165, 1.54) is 0 Å². The van der Waals surface area contributed by atoms with E-state index in [9.17, 15) is 9.59 Å². The van der Waals surface area contributed by atoms with Gasteiger partial charge in [0.05, 0.1) is 11.8 Å². The van der Waals surface area contributed by atoms with Crippen LogP contribution < -0.4 is 18.9 Å². The molecule has 6 heteroatoms. The Bertz CT molecular complexity index is 978. The van der Waals surface area contributed by atoms with Crippen molar-refractivity contribution in [3.05, 3.63) is 72.8 Å². The molecular weight excluding hydrogens is 384 g/mol. The average Bonchev–Trinajstić information content (AvgIpc) is 2.71. The van der Waals surface area contributed by atoms with Gasteiger partial charge in [0.25, 0.3) is 0 Å². The Morgan fingerprint density at radius 2 is 1.17 bits per heavy atom. The van der Waals surface area contributed by atoms with Gasteiger partial charge in [-0.05, 0) is 12.1 Å². The number of carbonyl (C=O) groups is 2. The Kier molecular flexibility index (Phi) is 4.35. The zero-order valence-corrected chi connectivity index (χ0v) is 16.2. The van der Waals surface area contributed by atoms with Crippen molar-refractivity contribution in [1.29, 1.82) is 0 Å². The van der Waals surface area contributed by atoms with Gasteiger partial charge in [-0.25, -0.2) is 0 Å². The Balaban J connectivity index is 1.49. The van der Waals surface area contributed by atoms with Gasteiger partial charge in [0.2, 0.25) is 0 Å². The Morgan fingerprint density at radius 1 is 0.733 bits per heavy atom. The molecule has 5 rings (SSSR count). The molecule has 0 spiro atoms. The van der Waals surface area contributed by atoms with Gasteiger partial charge in [-0.3, -0.25) is 9.59 Å². The van der Waals surface area contributed by atoms with Crippen LogP contribution >= 0.6 is 0 Å². The van der Waals surface area contributed by atoms with E-state index in [0.29, 0.717) is 36.2 Å². The van der Waals surface area contributed by atoms with Gasteiger partial charge in [0, 0.05) is 35.1 Å². The van der Waals surface area contributed by atoms with Crippen molar-refractivity contribution in [2.75, 3.05) is 13.2 Å². The number of fused-ring (bicyclic) bond motifs is 8. The van der Waals surface area contributed by atoms with Gasteiger partial charge in [-0.15, -0.1) is 0 Å². The Hall–Kier alpha value is -3.54. The van der Waals surface area contributed by atoms with E-state index < -0.39 is 11.8 Å². The summed E-state index contributed by atoms with van der Waals surface area (Å²) in [6.45, 7) is 7.95. The molecule has 2 aromatic carbocycles. The molecule has 0 bridgehead atoms. The summed E-state index contributed by atoms with van der Waals surface area (Å²) in [6, 6.07) is 10.7. The largest absolute Gasteiger partial charge is 0.489 e. The van der Waals surface area contributed by atoms with E-state index in [2.05, 4.69) is 13.2 Å². The van der Waals surface area contributed by atoms with Gasteiger partial charge in [-0.2, -0.15) is 0 Å². The standard InChI is InChI=1S/C24H20O6/c1-3-9-27-13-5-7-15-17(11-13)29-23(25)21-19(15)22-20(21)16-8-6-14(28-10-4-2)12-18(16)30-24(22)26/h3-8,11-12,19-22H,1-2,9-10H2. The molecule has 30 heavy (non-hydrogen) atoms. The molecule has 1 fully saturated rings. The van der Waals surface area contributed by atoms with E-state index in [0.717, 1.165) is 11.1 Å². The fourth-order valence-corrected chi connectivity index (χ4v) is 4.71. The summed E-state index contributed by atoms with van der Waals surface area (Å²) in [4.78, 5) is 25.7. The molecular formula is C24H20O6. The minimum absolute atomic E-state index is 0.267. The molecule has 6 nitrogen and oxygen atoms in total. The lowest BCUT2D eigenvalue weighted by molar-refractivity contribution is -0.161. The molecule has 0 unspecified atom stereocenters. The Morgan fingerprint density at radius 3 is 1.57 bits per heavy atom. The second kappa shape index (κ2) is 7.06. The van der Waals surface area contributed by atoms with E-state index in [-0.39, 0.29) is 23.8 Å². The fourth-order valence-electron chi connectivity index (χ4n) is 4.71. The van der Waals surface area contributed by atoms with E-state index >= 15 is 0 Å². The molecule has 0 atom stereocenters. The van der Waals surface area contributed by atoms with Crippen molar-refractivity contribution in [2.24, 2.45) is 11.8 Å². The third kappa shape index (κ3) is 2.71. The topological polar surface area (TPSA) is 71.1 Å². The monoisotopic (exact) mass is 404 g/mol. The lowest BCUT2D eigenvalue weighted by atomic mass is 9.51. The summed E-state index contributed by atoms with van der Waals surface area (Å²) < 4.78 is 22.3. The maximum Gasteiger partial charge on any atom is 0.315 e. The summed E-state index contributed by atoms with van der Waals surface area (Å²) in [7, 11) is 0. The lowest BCUT2D eigenvalue weighted by Gasteiger charge is -2.53. The first-order valence-corrected chi connectivity index (χ1v) is 9.81. The quantitative estimate of drug-likeness (QED) is 0.415. The molecule has 1 saturated carbocycles. The van der Waals surface area contributed by atoms with Crippen molar-refractivity contribution in [2.45, 2.75) is 11.8 Å². The number of carbonyl (C=O) groups excluding carboxylic acids is 2. The predicted molar refractivity (Wildman–Crippen MR) is 108 cm³/mol. The first kappa shape index (κ1) is 18.5. The highest BCUT2D eigenvalue weighted by Gasteiger charge is 2.64. The summed E-state index contributed by atoms with van der Waals surface area (Å²) >= 11 is 0. The first-order valence-electron chi connectivity index (χ1n) is 9.81. The second-order valence-corrected chi connectivity index (χ2v) is 7.54. The van der Waals surface area contributed by atoms with Gasteiger partial charge < -0.3 is 18.9 Å². The summed E-state index contributed by atoms with van der Waals surface area (Å²) in [5.74, 6) is 0.00132. The smallest absolute Gasteiger partial charge is 0.315 e. The molecule has 0 saturated heterocycles. The van der Waals surface area contributed by atoms with Crippen molar-refractivity contribution < 1.29 is 28.5 Å². The van der Waals surface area contributed by atoms with Crippen LogP contribution in [0.4, 0.5) is 0 Å². The van der Waals surface area contributed by atoms with Crippen molar-refractivity contribution in [1.82, 2.24) is 0 Å². The van der Waals surface area contributed by atoms with Crippen LogP contribution in [0.3, 0.4) is 0 Å². The van der Waals surface area contributed by atoms with Gasteiger partial charge in [0.1, 0.15) is 36.2 Å². The van der Waals surface area contributed by atoms with Gasteiger partial charge in [-0.1, -0.05) is 37.4 Å². The number of hydrogen-bond donors (Lipinski definition) is 0. The van der Waals surface area contributed by atoms with Crippen LogP contribution in [0.15, 0.2) is 61.7 Å². The second-order valence-electron chi connectivity index (χ2n) is 7.54. The zero-order valence-electron chi connectivity index (χ0n) is 16.2. The maximum absolute atomic E-state index is 12.9. The molecule has 0 aromatic heterocycles. The molecule has 152 valence electrons. The highest BCUT2D eigenvalue weighted by atomic mass is 16.5. The minimum Gasteiger partial charge on any atom is -0.489 e. The van der Waals surface area contributed by atoms with Crippen LogP contribution in [-0.2, 0) is 9.59 Å². The third-order valence-electron chi connectivity index (χ3n) is 5.94. The van der Waals surface area contributed by atoms with Crippen LogP contribution in [-0.4, -0.2) is 25.2 Å². The normalized spacial score (nSPS) is 25.2. The first-order chi connectivity index (χ1) is 14.6. The number of esters is 2. The van der Waals surface area contributed by atoms with Crippen LogP contribution in [0.1, 0.15) is 23.0 Å². The van der Waals surface area contributed by atoms with Crippen LogP contribution in [0.25, 0.3) is 0 Å². The number of hydrogen-bond acceptors (Lipinski definition) is 6. The highest BCUT2D eigenvalue weighted by Crippen LogP contribution is 2.64. The Labute approximate surface area is 173 Å². The van der Waals surface area contributed by atoms with E-state index in [1.807, 2.05) is 24.3 Å². The van der Waals surface area contributed by atoms with E-state index in [4.69, 9.17) is 18.9 Å². The number of ether oxygens (including phenoxy) is 4. The SMILES string of the molecule is C=CCOc1ccc2c(c1)OC(=O)C1C2C2C(=O)Oc3cc(OCC=C)ccc3C12. The number of rotatable bonds is 6.